The van der Waals surface area contributed by atoms with Gasteiger partial charge in [-0.15, -0.1) is 22.0 Å². The Hall–Kier alpha value is -4.65. The highest BCUT2D eigenvalue weighted by molar-refractivity contribution is 8.01. The third-order valence-electron chi connectivity index (χ3n) is 6.20. The third kappa shape index (κ3) is 8.94. The van der Waals surface area contributed by atoms with Crippen LogP contribution in [-0.4, -0.2) is 38.9 Å². The predicted molar refractivity (Wildman–Crippen MR) is 181 cm³/mol. The molecule has 3 amide bonds. The molecular weight excluding hydrogens is 627 g/mol. The fraction of sp³-hybridized carbons (Fsp3) is 0.121. The Morgan fingerprint density at radius 3 is 2.31 bits per heavy atom. The lowest BCUT2D eigenvalue weighted by Gasteiger charge is -2.12. The molecule has 1 atom stereocenters. The summed E-state index contributed by atoms with van der Waals surface area (Å²) in [5, 5.41) is 16.5. The van der Waals surface area contributed by atoms with Gasteiger partial charge in [0.15, 0.2) is 4.34 Å². The minimum atomic E-state index is -0.525. The average molecular weight is 656 g/mol. The smallest absolute Gasteiger partial charge is 0.272 e. The standard InChI is InChI=1S/C33H29N5O4S3/c1-3-43-33-38-37-32(45-33)36-29(39)21(2)44-26-17-14-24(15-18-26)34-31(41)27(35-30(40)23-12-8-5-9-13-23)20-25-16-19-28(42-25)22-10-6-4-7-11-22/h4-21H,3H2,1-2H3,(H,34,41)(H,35,40)(H,36,37,39). The van der Waals surface area contributed by atoms with E-state index in [2.05, 4.69) is 26.1 Å². The van der Waals surface area contributed by atoms with Crippen LogP contribution < -0.4 is 16.0 Å². The van der Waals surface area contributed by atoms with Crippen molar-refractivity contribution in [2.75, 3.05) is 16.4 Å². The highest BCUT2D eigenvalue weighted by Gasteiger charge is 2.19. The van der Waals surface area contributed by atoms with Gasteiger partial charge in [0.1, 0.15) is 17.2 Å². The maximum atomic E-state index is 13.4. The summed E-state index contributed by atoms with van der Waals surface area (Å²) in [6.07, 6.45) is 1.50. The summed E-state index contributed by atoms with van der Waals surface area (Å²) >= 11 is 4.29. The number of anilines is 2. The van der Waals surface area contributed by atoms with Crippen LogP contribution in [0.15, 0.2) is 116 Å². The second-order valence-electron chi connectivity index (χ2n) is 9.48. The molecule has 5 rings (SSSR count). The van der Waals surface area contributed by atoms with Gasteiger partial charge in [-0.1, -0.05) is 78.6 Å². The monoisotopic (exact) mass is 655 g/mol. The Morgan fingerprint density at radius 2 is 1.60 bits per heavy atom. The largest absolute Gasteiger partial charge is 0.457 e. The van der Waals surface area contributed by atoms with Crippen molar-refractivity contribution in [2.24, 2.45) is 0 Å². The molecule has 5 aromatic rings. The molecule has 2 heterocycles. The van der Waals surface area contributed by atoms with Crippen molar-refractivity contribution < 1.29 is 18.8 Å². The van der Waals surface area contributed by atoms with Crippen molar-refractivity contribution in [1.82, 2.24) is 15.5 Å². The summed E-state index contributed by atoms with van der Waals surface area (Å²) < 4.78 is 6.77. The zero-order chi connectivity index (χ0) is 31.6. The number of nitrogens with one attached hydrogen (secondary N) is 3. The zero-order valence-electron chi connectivity index (χ0n) is 24.4. The molecule has 3 N–H and O–H groups in total. The molecule has 228 valence electrons. The fourth-order valence-electron chi connectivity index (χ4n) is 3.99. The molecule has 0 aliphatic heterocycles. The molecule has 0 spiro atoms. The normalized spacial score (nSPS) is 11.9. The summed E-state index contributed by atoms with van der Waals surface area (Å²) in [5.41, 5.74) is 1.83. The lowest BCUT2D eigenvalue weighted by atomic mass is 10.2. The topological polar surface area (TPSA) is 126 Å². The summed E-state index contributed by atoms with van der Waals surface area (Å²) in [4.78, 5) is 39.9. The summed E-state index contributed by atoms with van der Waals surface area (Å²) in [6.45, 7) is 3.84. The number of aromatic nitrogens is 2. The Morgan fingerprint density at radius 1 is 0.889 bits per heavy atom. The number of benzene rings is 3. The highest BCUT2D eigenvalue weighted by Crippen LogP contribution is 2.29. The molecule has 1 unspecified atom stereocenters. The predicted octanol–water partition coefficient (Wildman–Crippen LogP) is 7.44. The number of furan rings is 1. The minimum Gasteiger partial charge on any atom is -0.457 e. The molecule has 3 aromatic carbocycles. The number of carbonyl (C=O) groups excluding carboxylic acids is 3. The van der Waals surface area contributed by atoms with Crippen LogP contribution in [0.2, 0.25) is 0 Å². The van der Waals surface area contributed by atoms with Gasteiger partial charge in [0.25, 0.3) is 11.8 Å². The van der Waals surface area contributed by atoms with E-state index in [0.29, 0.717) is 27.9 Å². The van der Waals surface area contributed by atoms with Crippen LogP contribution in [0.1, 0.15) is 30.0 Å². The Kier molecular flexibility index (Phi) is 10.9. The van der Waals surface area contributed by atoms with Crippen LogP contribution >= 0.6 is 34.9 Å². The van der Waals surface area contributed by atoms with Crippen LogP contribution in [0.3, 0.4) is 0 Å². The lowest BCUT2D eigenvalue weighted by Crippen LogP contribution is -2.30. The maximum Gasteiger partial charge on any atom is 0.272 e. The molecule has 0 radical (unpaired) electrons. The summed E-state index contributed by atoms with van der Waals surface area (Å²) in [6, 6.07) is 28.9. The van der Waals surface area contributed by atoms with Gasteiger partial charge >= 0.3 is 0 Å². The number of rotatable bonds is 12. The van der Waals surface area contributed by atoms with Gasteiger partial charge in [-0.05, 0) is 61.2 Å². The number of thioether (sulfide) groups is 2. The Balaban J connectivity index is 1.26. The Labute approximate surface area is 272 Å². The van der Waals surface area contributed by atoms with Gasteiger partial charge in [-0.2, -0.15) is 0 Å². The van der Waals surface area contributed by atoms with Gasteiger partial charge < -0.3 is 15.1 Å². The first-order valence-corrected chi connectivity index (χ1v) is 16.6. The quantitative estimate of drug-likeness (QED) is 0.0720. The maximum absolute atomic E-state index is 13.4. The summed E-state index contributed by atoms with van der Waals surface area (Å²) in [5.74, 6) is 0.780. The summed E-state index contributed by atoms with van der Waals surface area (Å²) in [7, 11) is 0. The second-order valence-corrected chi connectivity index (χ2v) is 13.4. The highest BCUT2D eigenvalue weighted by atomic mass is 32.2. The molecular formula is C33H29N5O4S3. The minimum absolute atomic E-state index is 0.0127. The van der Waals surface area contributed by atoms with Crippen molar-refractivity contribution in [3.8, 4) is 11.3 Å². The number of hydrogen-bond acceptors (Lipinski definition) is 9. The van der Waals surface area contributed by atoms with Gasteiger partial charge in [-0.3, -0.25) is 19.7 Å². The van der Waals surface area contributed by atoms with Crippen LogP contribution in [0.5, 0.6) is 0 Å². The molecule has 0 saturated heterocycles. The zero-order valence-corrected chi connectivity index (χ0v) is 26.8. The molecule has 0 bridgehead atoms. The molecule has 9 nitrogen and oxygen atoms in total. The van der Waals surface area contributed by atoms with E-state index in [0.717, 1.165) is 20.6 Å². The number of hydrogen-bond donors (Lipinski definition) is 3. The average Bonchev–Trinajstić information content (AvgIpc) is 3.72. The van der Waals surface area contributed by atoms with Crippen molar-refractivity contribution in [3.63, 3.8) is 0 Å². The number of nitrogens with zero attached hydrogens (tertiary/aromatic N) is 2. The van der Waals surface area contributed by atoms with E-state index in [1.165, 1.54) is 29.2 Å². The van der Waals surface area contributed by atoms with E-state index >= 15 is 0 Å². The molecule has 12 heteroatoms. The van der Waals surface area contributed by atoms with E-state index in [-0.39, 0.29) is 11.6 Å². The van der Waals surface area contributed by atoms with E-state index < -0.39 is 17.1 Å². The van der Waals surface area contributed by atoms with E-state index in [4.69, 9.17) is 4.42 Å². The van der Waals surface area contributed by atoms with Crippen LogP contribution in [0.25, 0.3) is 17.4 Å². The van der Waals surface area contributed by atoms with Gasteiger partial charge in [-0.25, -0.2) is 0 Å². The number of amides is 3. The first-order chi connectivity index (χ1) is 21.9. The molecule has 0 fully saturated rings. The van der Waals surface area contributed by atoms with Gasteiger partial charge in [0, 0.05) is 27.8 Å². The molecule has 45 heavy (non-hydrogen) atoms. The van der Waals surface area contributed by atoms with Crippen LogP contribution in [-0.2, 0) is 9.59 Å². The van der Waals surface area contributed by atoms with Crippen molar-refractivity contribution in [1.29, 1.82) is 0 Å². The van der Waals surface area contributed by atoms with Crippen LogP contribution in [0.4, 0.5) is 10.8 Å². The van der Waals surface area contributed by atoms with Crippen molar-refractivity contribution >= 4 is 69.5 Å². The second kappa shape index (κ2) is 15.4. The number of carbonyl (C=O) groups is 3. The SMILES string of the molecule is CCSc1nnc(NC(=O)C(C)Sc2ccc(NC(=O)C(=Cc3ccc(-c4ccccc4)o3)NC(=O)c3ccccc3)cc2)s1. The van der Waals surface area contributed by atoms with Crippen LogP contribution in [0, 0.1) is 0 Å². The first-order valence-electron chi connectivity index (χ1n) is 14.0. The molecule has 0 saturated carbocycles. The third-order valence-corrected chi connectivity index (χ3v) is 9.17. The Bertz CT molecular complexity index is 1790. The fourth-order valence-corrected chi connectivity index (χ4v) is 6.51. The van der Waals surface area contributed by atoms with Gasteiger partial charge in [0.05, 0.1) is 5.25 Å². The van der Waals surface area contributed by atoms with Gasteiger partial charge in [0.2, 0.25) is 11.0 Å². The lowest BCUT2D eigenvalue weighted by molar-refractivity contribution is -0.115. The first kappa shape index (κ1) is 31.8. The van der Waals surface area contributed by atoms with E-state index in [1.54, 1.807) is 54.2 Å². The molecule has 2 aromatic heterocycles. The van der Waals surface area contributed by atoms with Crippen molar-refractivity contribution in [2.45, 2.75) is 28.3 Å². The van der Waals surface area contributed by atoms with E-state index in [9.17, 15) is 14.4 Å². The van der Waals surface area contributed by atoms with E-state index in [1.807, 2.05) is 68.4 Å². The molecule has 0 aliphatic carbocycles. The van der Waals surface area contributed by atoms with Crippen molar-refractivity contribution in [3.05, 3.63) is 114 Å². The molecule has 0 aliphatic rings.